The van der Waals surface area contributed by atoms with Crippen LogP contribution in [-0.4, -0.2) is 38.8 Å². The number of hydrogen-bond acceptors (Lipinski definition) is 5. The number of aromatic amines is 1. The van der Waals surface area contributed by atoms with Crippen LogP contribution in [0.1, 0.15) is 6.92 Å². The average Bonchev–Trinajstić information content (AvgIpc) is 3.16. The highest BCUT2D eigenvalue weighted by Crippen LogP contribution is 2.31. The molecule has 0 aliphatic carbocycles. The van der Waals surface area contributed by atoms with E-state index in [-0.39, 0.29) is 18.4 Å². The standard InChI is InChI=1S/C19H17N5O2S/c1-12(27-19-21-17(22-23-19)13-7-3-2-4-8-13)18(26)24-11-16(25)20-14-9-5-6-10-15(14)24/h2-10,12H,11H2,1H3,(H,20,25)(H,21,22,23)/t12-/m0/s1. The van der Waals surface area contributed by atoms with E-state index in [1.807, 2.05) is 48.5 Å². The number of carbonyl (C=O) groups excluding carboxylic acids is 2. The van der Waals surface area contributed by atoms with Crippen molar-refractivity contribution in [3.05, 3.63) is 54.6 Å². The maximum atomic E-state index is 12.9. The first-order valence-corrected chi connectivity index (χ1v) is 9.34. The summed E-state index contributed by atoms with van der Waals surface area (Å²) in [5.41, 5.74) is 2.27. The van der Waals surface area contributed by atoms with Gasteiger partial charge in [0, 0.05) is 5.56 Å². The number of hydrogen-bond donors (Lipinski definition) is 2. The number of carbonyl (C=O) groups is 2. The molecule has 7 nitrogen and oxygen atoms in total. The number of anilines is 2. The van der Waals surface area contributed by atoms with Crippen LogP contribution in [0, 0.1) is 0 Å². The molecule has 2 heterocycles. The highest BCUT2D eigenvalue weighted by Gasteiger charge is 2.30. The SMILES string of the molecule is C[C@H](Sc1n[nH]c(-c2ccccc2)n1)C(=O)N1CC(=O)Nc2ccccc21. The first-order valence-electron chi connectivity index (χ1n) is 8.46. The van der Waals surface area contributed by atoms with Crippen LogP contribution in [0.2, 0.25) is 0 Å². The Labute approximate surface area is 160 Å². The zero-order chi connectivity index (χ0) is 18.8. The number of H-pyrrole nitrogens is 1. The van der Waals surface area contributed by atoms with Gasteiger partial charge in [0.1, 0.15) is 6.54 Å². The number of benzene rings is 2. The third-order valence-corrected chi connectivity index (χ3v) is 5.13. The third kappa shape index (κ3) is 3.56. The third-order valence-electron chi connectivity index (χ3n) is 4.18. The van der Waals surface area contributed by atoms with E-state index in [0.717, 1.165) is 5.56 Å². The van der Waals surface area contributed by atoms with Crippen molar-refractivity contribution in [2.45, 2.75) is 17.3 Å². The number of nitrogens with one attached hydrogen (secondary N) is 2. The van der Waals surface area contributed by atoms with E-state index in [0.29, 0.717) is 22.4 Å². The first-order chi connectivity index (χ1) is 13.1. The number of nitrogens with zero attached hydrogens (tertiary/aromatic N) is 3. The molecule has 2 amide bonds. The van der Waals surface area contributed by atoms with Crippen LogP contribution in [-0.2, 0) is 9.59 Å². The largest absolute Gasteiger partial charge is 0.323 e. The molecule has 0 saturated heterocycles. The Kier molecular flexibility index (Phi) is 4.64. The molecule has 0 saturated carbocycles. The molecule has 0 unspecified atom stereocenters. The molecule has 2 aromatic carbocycles. The van der Waals surface area contributed by atoms with Crippen LogP contribution in [0.25, 0.3) is 11.4 Å². The lowest BCUT2D eigenvalue weighted by Gasteiger charge is -2.30. The summed E-state index contributed by atoms with van der Waals surface area (Å²) in [5.74, 6) is 0.289. The number of aromatic nitrogens is 3. The van der Waals surface area contributed by atoms with Gasteiger partial charge in [0.15, 0.2) is 5.82 Å². The van der Waals surface area contributed by atoms with Crippen molar-refractivity contribution in [2.75, 3.05) is 16.8 Å². The maximum Gasteiger partial charge on any atom is 0.244 e. The predicted octanol–water partition coefficient (Wildman–Crippen LogP) is 2.94. The van der Waals surface area contributed by atoms with E-state index in [2.05, 4.69) is 20.5 Å². The van der Waals surface area contributed by atoms with Crippen molar-refractivity contribution in [3.63, 3.8) is 0 Å². The number of thioether (sulfide) groups is 1. The van der Waals surface area contributed by atoms with Gasteiger partial charge in [0.05, 0.1) is 16.6 Å². The summed E-state index contributed by atoms with van der Waals surface area (Å²) in [7, 11) is 0. The van der Waals surface area contributed by atoms with Crippen LogP contribution in [0.15, 0.2) is 59.8 Å². The molecule has 0 radical (unpaired) electrons. The highest BCUT2D eigenvalue weighted by molar-refractivity contribution is 8.00. The van der Waals surface area contributed by atoms with Crippen molar-refractivity contribution < 1.29 is 9.59 Å². The summed E-state index contributed by atoms with van der Waals surface area (Å²) in [6.07, 6.45) is 0. The van der Waals surface area contributed by atoms with Crippen molar-refractivity contribution in [1.82, 2.24) is 15.2 Å². The molecule has 1 aromatic heterocycles. The van der Waals surface area contributed by atoms with Gasteiger partial charge in [-0.1, -0.05) is 54.2 Å². The van der Waals surface area contributed by atoms with Gasteiger partial charge >= 0.3 is 0 Å². The topological polar surface area (TPSA) is 91.0 Å². The van der Waals surface area contributed by atoms with Gasteiger partial charge in [-0.3, -0.25) is 19.6 Å². The Balaban J connectivity index is 1.51. The fourth-order valence-electron chi connectivity index (χ4n) is 2.88. The van der Waals surface area contributed by atoms with Crippen LogP contribution in [0.4, 0.5) is 11.4 Å². The lowest BCUT2D eigenvalue weighted by atomic mass is 10.2. The van der Waals surface area contributed by atoms with Crippen molar-refractivity contribution >= 4 is 35.0 Å². The maximum absolute atomic E-state index is 12.9. The second kappa shape index (κ2) is 7.24. The van der Waals surface area contributed by atoms with E-state index in [4.69, 9.17) is 0 Å². The van der Waals surface area contributed by atoms with E-state index in [1.54, 1.807) is 13.0 Å². The molecule has 136 valence electrons. The fourth-order valence-corrected chi connectivity index (χ4v) is 3.67. The molecule has 1 atom stereocenters. The molecule has 27 heavy (non-hydrogen) atoms. The van der Waals surface area contributed by atoms with E-state index >= 15 is 0 Å². The molecule has 2 N–H and O–H groups in total. The van der Waals surface area contributed by atoms with Crippen LogP contribution < -0.4 is 10.2 Å². The monoisotopic (exact) mass is 379 g/mol. The van der Waals surface area contributed by atoms with Gasteiger partial charge in [-0.25, -0.2) is 4.98 Å². The summed E-state index contributed by atoms with van der Waals surface area (Å²) in [6, 6.07) is 16.9. The predicted molar refractivity (Wildman–Crippen MR) is 105 cm³/mol. The van der Waals surface area contributed by atoms with Gasteiger partial charge < -0.3 is 5.32 Å². The number of para-hydroxylation sites is 2. The first kappa shape index (κ1) is 17.3. The molecule has 0 bridgehead atoms. The van der Waals surface area contributed by atoms with Crippen LogP contribution in [0.3, 0.4) is 0 Å². The molecular formula is C19H17N5O2S. The molecule has 0 fully saturated rings. The Morgan fingerprint density at radius 1 is 1.15 bits per heavy atom. The second-order valence-electron chi connectivity index (χ2n) is 6.08. The number of fused-ring (bicyclic) bond motifs is 1. The minimum Gasteiger partial charge on any atom is -0.323 e. The average molecular weight is 379 g/mol. The summed E-state index contributed by atoms with van der Waals surface area (Å²) in [4.78, 5) is 30.9. The zero-order valence-corrected chi connectivity index (χ0v) is 15.4. The normalized spacial score (nSPS) is 14.4. The summed E-state index contributed by atoms with van der Waals surface area (Å²) < 4.78 is 0. The fraction of sp³-hybridized carbons (Fsp3) is 0.158. The molecule has 8 heteroatoms. The Morgan fingerprint density at radius 3 is 2.70 bits per heavy atom. The minimum atomic E-state index is -0.441. The van der Waals surface area contributed by atoms with Gasteiger partial charge in [-0.15, -0.1) is 5.10 Å². The highest BCUT2D eigenvalue weighted by atomic mass is 32.2. The molecule has 3 aromatic rings. The van der Waals surface area contributed by atoms with Crippen LogP contribution in [0.5, 0.6) is 0 Å². The lowest BCUT2D eigenvalue weighted by molar-refractivity contribution is -0.121. The summed E-state index contributed by atoms with van der Waals surface area (Å²) >= 11 is 1.26. The van der Waals surface area contributed by atoms with Gasteiger partial charge in [-0.2, -0.15) is 0 Å². The van der Waals surface area contributed by atoms with Gasteiger partial charge in [0.2, 0.25) is 17.0 Å². The lowest BCUT2D eigenvalue weighted by Crippen LogP contribution is -2.45. The van der Waals surface area contributed by atoms with Gasteiger partial charge in [-0.05, 0) is 19.1 Å². The minimum absolute atomic E-state index is 0.00397. The summed E-state index contributed by atoms with van der Waals surface area (Å²) in [5, 5.41) is 9.93. The smallest absolute Gasteiger partial charge is 0.244 e. The number of rotatable bonds is 4. The molecule has 4 rings (SSSR count). The Bertz CT molecular complexity index is 989. The quantitative estimate of drug-likeness (QED) is 0.680. The molecule has 1 aliphatic rings. The zero-order valence-electron chi connectivity index (χ0n) is 14.5. The Hall–Kier alpha value is -3.13. The second-order valence-corrected chi connectivity index (χ2v) is 7.39. The van der Waals surface area contributed by atoms with E-state index in [9.17, 15) is 9.59 Å². The van der Waals surface area contributed by atoms with E-state index < -0.39 is 5.25 Å². The van der Waals surface area contributed by atoms with Crippen molar-refractivity contribution in [1.29, 1.82) is 0 Å². The Morgan fingerprint density at radius 2 is 1.89 bits per heavy atom. The molecular weight excluding hydrogens is 362 g/mol. The van der Waals surface area contributed by atoms with Crippen LogP contribution >= 0.6 is 11.8 Å². The van der Waals surface area contributed by atoms with Crippen molar-refractivity contribution in [3.8, 4) is 11.4 Å². The molecule has 1 aliphatic heterocycles. The molecule has 0 spiro atoms. The van der Waals surface area contributed by atoms with Gasteiger partial charge in [0.25, 0.3) is 0 Å². The van der Waals surface area contributed by atoms with Crippen molar-refractivity contribution in [2.24, 2.45) is 0 Å². The number of amides is 2. The van der Waals surface area contributed by atoms with E-state index in [1.165, 1.54) is 16.7 Å². The summed E-state index contributed by atoms with van der Waals surface area (Å²) in [6.45, 7) is 1.80.